The number of hydrogen-bond donors (Lipinski definition) is 1. The molecule has 1 N–H and O–H groups in total. The highest BCUT2D eigenvalue weighted by Crippen LogP contribution is 2.25. The number of hydrogen-bond acceptors (Lipinski definition) is 4. The summed E-state index contributed by atoms with van der Waals surface area (Å²) in [5.41, 5.74) is 1.41. The van der Waals surface area contributed by atoms with E-state index in [1.54, 1.807) is 19.1 Å². The number of esters is 1. The number of carbonyl (C=O) groups excluding carboxylic acids is 1. The van der Waals surface area contributed by atoms with Gasteiger partial charge in [-0.1, -0.05) is 22.0 Å². The molecule has 5 heteroatoms. The molecule has 1 rings (SSSR count). The standard InChI is InChI=1S/C12H12BrNO3/c1-2-17-11(15)5-9-3-8(6-13)4-10(7-14)12(9)16/h3-4,16H,2,5-6H2,1H3. The van der Waals surface area contributed by atoms with E-state index >= 15 is 0 Å². The van der Waals surface area contributed by atoms with Crippen LogP contribution < -0.4 is 0 Å². The molecule has 0 aliphatic heterocycles. The predicted molar refractivity (Wildman–Crippen MR) is 65.8 cm³/mol. The number of phenolic OH excluding ortho intramolecular Hbond substituents is 1. The average molecular weight is 298 g/mol. The zero-order valence-electron chi connectivity index (χ0n) is 9.36. The molecule has 17 heavy (non-hydrogen) atoms. The zero-order valence-corrected chi connectivity index (χ0v) is 11.0. The van der Waals surface area contributed by atoms with Gasteiger partial charge in [0, 0.05) is 10.9 Å². The van der Waals surface area contributed by atoms with Crippen LogP contribution in [0.2, 0.25) is 0 Å². The maximum atomic E-state index is 11.3. The first-order valence-electron chi connectivity index (χ1n) is 5.08. The maximum absolute atomic E-state index is 11.3. The van der Waals surface area contributed by atoms with Gasteiger partial charge in [-0.3, -0.25) is 4.79 Å². The zero-order chi connectivity index (χ0) is 12.8. The molecular formula is C12H12BrNO3. The summed E-state index contributed by atoms with van der Waals surface area (Å²) in [6.07, 6.45) is -0.0325. The Kier molecular flexibility index (Phi) is 4.98. The van der Waals surface area contributed by atoms with Gasteiger partial charge in [0.25, 0.3) is 0 Å². The Hall–Kier alpha value is -1.54. The smallest absolute Gasteiger partial charge is 0.310 e. The Morgan fingerprint density at radius 3 is 2.82 bits per heavy atom. The van der Waals surface area contributed by atoms with Crippen molar-refractivity contribution in [2.45, 2.75) is 18.7 Å². The van der Waals surface area contributed by atoms with E-state index in [9.17, 15) is 9.90 Å². The van der Waals surface area contributed by atoms with Gasteiger partial charge in [0.2, 0.25) is 0 Å². The molecule has 0 aliphatic rings. The third kappa shape index (κ3) is 3.46. The predicted octanol–water partition coefficient (Wildman–Crippen LogP) is 2.26. The molecular weight excluding hydrogens is 286 g/mol. The quantitative estimate of drug-likeness (QED) is 0.684. The van der Waals surface area contributed by atoms with Crippen molar-refractivity contribution in [2.75, 3.05) is 6.61 Å². The highest BCUT2D eigenvalue weighted by Gasteiger charge is 2.13. The first-order valence-corrected chi connectivity index (χ1v) is 6.21. The van der Waals surface area contributed by atoms with Crippen LogP contribution in [-0.4, -0.2) is 17.7 Å². The Morgan fingerprint density at radius 2 is 2.29 bits per heavy atom. The highest BCUT2D eigenvalue weighted by molar-refractivity contribution is 9.08. The lowest BCUT2D eigenvalue weighted by Gasteiger charge is -2.08. The van der Waals surface area contributed by atoms with Crippen molar-refractivity contribution in [3.05, 3.63) is 28.8 Å². The molecule has 0 aliphatic carbocycles. The first-order chi connectivity index (χ1) is 8.12. The molecule has 0 bridgehead atoms. The van der Waals surface area contributed by atoms with Gasteiger partial charge < -0.3 is 9.84 Å². The summed E-state index contributed by atoms with van der Waals surface area (Å²) in [4.78, 5) is 11.3. The van der Waals surface area contributed by atoms with Gasteiger partial charge in [0.05, 0.1) is 18.6 Å². The minimum absolute atomic E-state index is 0.0325. The second kappa shape index (κ2) is 6.26. The molecule has 0 aromatic heterocycles. The van der Waals surface area contributed by atoms with E-state index in [0.29, 0.717) is 17.5 Å². The lowest BCUT2D eigenvalue weighted by molar-refractivity contribution is -0.142. The summed E-state index contributed by atoms with van der Waals surface area (Å²) in [6.45, 7) is 2.01. The minimum Gasteiger partial charge on any atom is -0.506 e. The fourth-order valence-corrected chi connectivity index (χ4v) is 1.75. The van der Waals surface area contributed by atoms with Gasteiger partial charge >= 0.3 is 5.97 Å². The number of phenols is 1. The van der Waals surface area contributed by atoms with Crippen molar-refractivity contribution in [1.29, 1.82) is 5.26 Å². The molecule has 1 aromatic carbocycles. The van der Waals surface area contributed by atoms with Gasteiger partial charge in [-0.25, -0.2) is 0 Å². The van der Waals surface area contributed by atoms with Gasteiger partial charge in [0.15, 0.2) is 0 Å². The number of alkyl halides is 1. The molecule has 0 saturated carbocycles. The van der Waals surface area contributed by atoms with E-state index in [0.717, 1.165) is 5.56 Å². The molecule has 0 atom stereocenters. The van der Waals surface area contributed by atoms with E-state index in [-0.39, 0.29) is 17.7 Å². The van der Waals surface area contributed by atoms with Crippen LogP contribution in [0.25, 0.3) is 0 Å². The maximum Gasteiger partial charge on any atom is 0.310 e. The van der Waals surface area contributed by atoms with Crippen LogP contribution in [0.5, 0.6) is 5.75 Å². The van der Waals surface area contributed by atoms with Crippen LogP contribution >= 0.6 is 15.9 Å². The summed E-state index contributed by atoms with van der Waals surface area (Å²) < 4.78 is 4.80. The van der Waals surface area contributed by atoms with Crippen molar-refractivity contribution in [3.8, 4) is 11.8 Å². The van der Waals surface area contributed by atoms with Crippen LogP contribution in [0.3, 0.4) is 0 Å². The number of carbonyl (C=O) groups is 1. The summed E-state index contributed by atoms with van der Waals surface area (Å²) in [6, 6.07) is 5.16. The molecule has 1 aromatic rings. The van der Waals surface area contributed by atoms with E-state index in [1.807, 2.05) is 6.07 Å². The third-order valence-electron chi connectivity index (χ3n) is 2.16. The fourth-order valence-electron chi connectivity index (χ4n) is 1.43. The second-order valence-corrected chi connectivity index (χ2v) is 3.94. The van der Waals surface area contributed by atoms with Gasteiger partial charge in [0.1, 0.15) is 11.8 Å². The number of nitriles is 1. The normalized spacial score (nSPS) is 9.71. The monoisotopic (exact) mass is 297 g/mol. The third-order valence-corrected chi connectivity index (χ3v) is 2.81. The Bertz CT molecular complexity index is 466. The lowest BCUT2D eigenvalue weighted by Crippen LogP contribution is -2.08. The van der Waals surface area contributed by atoms with Gasteiger partial charge in [-0.15, -0.1) is 0 Å². The molecule has 0 radical (unpaired) electrons. The van der Waals surface area contributed by atoms with Crippen molar-refractivity contribution < 1.29 is 14.6 Å². The van der Waals surface area contributed by atoms with Crippen LogP contribution in [0.4, 0.5) is 0 Å². The average Bonchev–Trinajstić information content (AvgIpc) is 2.32. The van der Waals surface area contributed by atoms with Gasteiger partial charge in [-0.2, -0.15) is 5.26 Å². The van der Waals surface area contributed by atoms with Crippen molar-refractivity contribution in [3.63, 3.8) is 0 Å². The minimum atomic E-state index is -0.418. The van der Waals surface area contributed by atoms with E-state index in [4.69, 9.17) is 10.00 Å². The fraction of sp³-hybridized carbons (Fsp3) is 0.333. The number of ether oxygens (including phenoxy) is 1. The number of aromatic hydroxyl groups is 1. The first kappa shape index (κ1) is 13.5. The summed E-state index contributed by atoms with van der Waals surface area (Å²) >= 11 is 3.27. The van der Waals surface area contributed by atoms with Crippen LogP contribution in [0, 0.1) is 11.3 Å². The summed E-state index contributed by atoms with van der Waals surface area (Å²) in [5, 5.41) is 19.2. The Morgan fingerprint density at radius 1 is 1.59 bits per heavy atom. The van der Waals surface area contributed by atoms with Crippen molar-refractivity contribution >= 4 is 21.9 Å². The molecule has 0 amide bonds. The van der Waals surface area contributed by atoms with Crippen LogP contribution in [-0.2, 0) is 21.3 Å². The molecule has 0 unspecified atom stereocenters. The van der Waals surface area contributed by atoms with E-state index in [2.05, 4.69) is 15.9 Å². The SMILES string of the molecule is CCOC(=O)Cc1cc(CBr)cc(C#N)c1O. The van der Waals surface area contributed by atoms with Crippen molar-refractivity contribution in [2.24, 2.45) is 0 Å². The number of halogens is 1. The Balaban J connectivity index is 3.06. The number of nitrogens with zero attached hydrogens (tertiary/aromatic N) is 1. The van der Waals surface area contributed by atoms with Crippen molar-refractivity contribution in [1.82, 2.24) is 0 Å². The molecule has 0 fully saturated rings. The summed E-state index contributed by atoms with van der Waals surface area (Å²) in [7, 11) is 0. The second-order valence-electron chi connectivity index (χ2n) is 3.38. The molecule has 0 saturated heterocycles. The van der Waals surface area contributed by atoms with E-state index in [1.165, 1.54) is 0 Å². The van der Waals surface area contributed by atoms with Crippen LogP contribution in [0.1, 0.15) is 23.6 Å². The molecule has 4 nitrogen and oxygen atoms in total. The highest BCUT2D eigenvalue weighted by atomic mass is 79.9. The molecule has 0 heterocycles. The number of benzene rings is 1. The summed E-state index contributed by atoms with van der Waals surface area (Å²) in [5.74, 6) is -0.566. The van der Waals surface area contributed by atoms with E-state index < -0.39 is 5.97 Å². The Labute approximate surface area is 108 Å². The molecule has 90 valence electrons. The topological polar surface area (TPSA) is 70.3 Å². The molecule has 0 spiro atoms. The largest absolute Gasteiger partial charge is 0.506 e. The van der Waals surface area contributed by atoms with Crippen LogP contribution in [0.15, 0.2) is 12.1 Å². The lowest BCUT2D eigenvalue weighted by atomic mass is 10.0. The van der Waals surface area contributed by atoms with Gasteiger partial charge in [-0.05, 0) is 18.6 Å². The number of rotatable bonds is 4.